The fraction of sp³-hybridized carbons (Fsp3) is 0.583. The van der Waals surface area contributed by atoms with Crippen molar-refractivity contribution in [1.82, 2.24) is 5.32 Å². The molecule has 2 rings (SSSR count). The van der Waals surface area contributed by atoms with E-state index in [-0.39, 0.29) is 5.92 Å². The van der Waals surface area contributed by atoms with Crippen LogP contribution in [0.15, 0.2) is 10.5 Å². The number of carboxylic acids is 1. The predicted octanol–water partition coefficient (Wildman–Crippen LogP) is 3.90. The van der Waals surface area contributed by atoms with Gasteiger partial charge in [-0.1, -0.05) is 11.6 Å². The van der Waals surface area contributed by atoms with Gasteiger partial charge in [-0.05, 0) is 47.7 Å². The maximum Gasteiger partial charge on any atom is 0.306 e. The van der Waals surface area contributed by atoms with E-state index in [0.29, 0.717) is 6.04 Å². The molecular formula is C12H15BrClNO2S. The Hall–Kier alpha value is -0.100. The lowest BCUT2D eigenvalue weighted by molar-refractivity contribution is -0.142. The Balaban J connectivity index is 1.77. The summed E-state index contributed by atoms with van der Waals surface area (Å²) in [5.74, 6) is -0.796. The van der Waals surface area contributed by atoms with Gasteiger partial charge >= 0.3 is 5.97 Å². The summed E-state index contributed by atoms with van der Waals surface area (Å²) in [5.41, 5.74) is 0. The van der Waals surface area contributed by atoms with Crippen LogP contribution in [0.3, 0.4) is 0 Å². The summed E-state index contributed by atoms with van der Waals surface area (Å²) in [6.07, 6.45) is 3.44. The standard InChI is InChI=1S/C12H15BrClNO2S/c13-10-5-9(18-11(10)14)6-15-8-3-1-7(2-4-8)12(16)17/h5,7-8,15H,1-4,6H2,(H,16,17). The van der Waals surface area contributed by atoms with Crippen LogP contribution in [0.2, 0.25) is 4.34 Å². The van der Waals surface area contributed by atoms with Gasteiger partial charge < -0.3 is 10.4 Å². The van der Waals surface area contributed by atoms with Gasteiger partial charge in [-0.25, -0.2) is 0 Å². The number of halogens is 2. The zero-order chi connectivity index (χ0) is 13.1. The second-order valence-corrected chi connectivity index (χ2v) is 7.20. The highest BCUT2D eigenvalue weighted by molar-refractivity contribution is 9.10. The normalized spacial score (nSPS) is 24.1. The second-order valence-electron chi connectivity index (χ2n) is 4.60. The maximum absolute atomic E-state index is 10.8. The van der Waals surface area contributed by atoms with E-state index < -0.39 is 5.97 Å². The molecule has 0 bridgehead atoms. The van der Waals surface area contributed by atoms with Crippen LogP contribution in [0.25, 0.3) is 0 Å². The van der Waals surface area contributed by atoms with Crippen molar-refractivity contribution in [3.8, 4) is 0 Å². The number of hydrogen-bond donors (Lipinski definition) is 2. The summed E-state index contributed by atoms with van der Waals surface area (Å²) in [6.45, 7) is 0.804. The smallest absolute Gasteiger partial charge is 0.306 e. The van der Waals surface area contributed by atoms with Gasteiger partial charge in [0.05, 0.1) is 5.92 Å². The molecule has 1 saturated carbocycles. The molecule has 1 fully saturated rings. The minimum atomic E-state index is -0.651. The lowest BCUT2D eigenvalue weighted by Crippen LogP contribution is -2.34. The average Bonchev–Trinajstić information content (AvgIpc) is 2.67. The van der Waals surface area contributed by atoms with Crippen molar-refractivity contribution in [2.45, 2.75) is 38.3 Å². The molecule has 1 aliphatic rings. The molecule has 0 spiro atoms. The van der Waals surface area contributed by atoms with Crippen LogP contribution < -0.4 is 5.32 Å². The number of aliphatic carboxylic acids is 1. The van der Waals surface area contributed by atoms with Crippen molar-refractivity contribution < 1.29 is 9.90 Å². The zero-order valence-corrected chi connectivity index (χ0v) is 12.9. The van der Waals surface area contributed by atoms with Gasteiger partial charge in [-0.2, -0.15) is 0 Å². The van der Waals surface area contributed by atoms with E-state index in [1.54, 1.807) is 11.3 Å². The van der Waals surface area contributed by atoms with Crippen molar-refractivity contribution in [1.29, 1.82) is 0 Å². The van der Waals surface area contributed by atoms with Gasteiger partial charge in [-0.3, -0.25) is 4.79 Å². The number of thiophene rings is 1. The molecule has 0 aromatic carbocycles. The van der Waals surface area contributed by atoms with Gasteiger partial charge in [0, 0.05) is 21.9 Å². The molecule has 0 radical (unpaired) electrons. The van der Waals surface area contributed by atoms with Crippen LogP contribution in [0.1, 0.15) is 30.6 Å². The molecule has 1 aromatic heterocycles. The molecule has 0 atom stereocenters. The van der Waals surface area contributed by atoms with E-state index in [2.05, 4.69) is 21.2 Å². The Morgan fingerprint density at radius 1 is 1.50 bits per heavy atom. The minimum absolute atomic E-state index is 0.145. The van der Waals surface area contributed by atoms with Crippen molar-refractivity contribution in [3.63, 3.8) is 0 Å². The molecule has 2 N–H and O–H groups in total. The van der Waals surface area contributed by atoms with Gasteiger partial charge in [-0.15, -0.1) is 11.3 Å². The monoisotopic (exact) mass is 351 g/mol. The Kier molecular flexibility index (Phi) is 5.06. The molecule has 6 heteroatoms. The van der Waals surface area contributed by atoms with Crippen molar-refractivity contribution in [2.75, 3.05) is 0 Å². The number of rotatable bonds is 4. The summed E-state index contributed by atoms with van der Waals surface area (Å²) in [6, 6.07) is 2.46. The quantitative estimate of drug-likeness (QED) is 0.864. The first-order valence-electron chi connectivity index (χ1n) is 5.96. The SMILES string of the molecule is O=C(O)C1CCC(NCc2cc(Br)c(Cl)s2)CC1. The van der Waals surface area contributed by atoms with Crippen LogP contribution in [0, 0.1) is 5.92 Å². The van der Waals surface area contributed by atoms with Crippen LogP contribution in [-0.2, 0) is 11.3 Å². The van der Waals surface area contributed by atoms with Gasteiger partial charge in [0.1, 0.15) is 4.34 Å². The number of nitrogens with one attached hydrogen (secondary N) is 1. The largest absolute Gasteiger partial charge is 0.481 e. The molecule has 0 saturated heterocycles. The molecule has 1 aromatic rings. The third kappa shape index (κ3) is 3.70. The van der Waals surface area contributed by atoms with Crippen LogP contribution in [0.4, 0.5) is 0 Å². The number of carboxylic acid groups (broad SMARTS) is 1. The molecule has 0 amide bonds. The molecule has 100 valence electrons. The fourth-order valence-electron chi connectivity index (χ4n) is 2.27. The lowest BCUT2D eigenvalue weighted by Gasteiger charge is -2.26. The van der Waals surface area contributed by atoms with E-state index >= 15 is 0 Å². The Bertz CT molecular complexity index is 410. The summed E-state index contributed by atoms with van der Waals surface area (Å²) in [4.78, 5) is 12.0. The van der Waals surface area contributed by atoms with E-state index in [9.17, 15) is 4.79 Å². The van der Waals surface area contributed by atoms with Crippen LogP contribution in [0.5, 0.6) is 0 Å². The van der Waals surface area contributed by atoms with Gasteiger partial charge in [0.2, 0.25) is 0 Å². The Morgan fingerprint density at radius 3 is 2.67 bits per heavy atom. The molecule has 3 nitrogen and oxygen atoms in total. The first-order valence-corrected chi connectivity index (χ1v) is 7.95. The number of hydrogen-bond acceptors (Lipinski definition) is 3. The molecule has 1 aliphatic carbocycles. The van der Waals surface area contributed by atoms with Crippen LogP contribution >= 0.6 is 38.9 Å². The molecular weight excluding hydrogens is 338 g/mol. The Labute approximate surface area is 124 Å². The Morgan fingerprint density at radius 2 is 2.17 bits per heavy atom. The number of carbonyl (C=O) groups is 1. The summed E-state index contributed by atoms with van der Waals surface area (Å²) in [5, 5.41) is 12.4. The zero-order valence-electron chi connectivity index (χ0n) is 9.79. The third-order valence-corrected chi connectivity index (χ3v) is 5.81. The van der Waals surface area contributed by atoms with E-state index in [0.717, 1.165) is 41.0 Å². The van der Waals surface area contributed by atoms with Crippen molar-refractivity contribution in [3.05, 3.63) is 19.8 Å². The van der Waals surface area contributed by atoms with E-state index in [1.165, 1.54) is 4.88 Å². The molecule has 18 heavy (non-hydrogen) atoms. The summed E-state index contributed by atoms with van der Waals surface area (Å²) < 4.78 is 1.72. The predicted molar refractivity (Wildman–Crippen MR) is 77.3 cm³/mol. The van der Waals surface area contributed by atoms with E-state index in [4.69, 9.17) is 16.7 Å². The lowest BCUT2D eigenvalue weighted by atomic mass is 9.86. The average molecular weight is 353 g/mol. The summed E-state index contributed by atoms with van der Waals surface area (Å²) >= 11 is 10.9. The highest BCUT2D eigenvalue weighted by Gasteiger charge is 2.25. The second kappa shape index (κ2) is 6.37. The minimum Gasteiger partial charge on any atom is -0.481 e. The third-order valence-electron chi connectivity index (χ3n) is 3.34. The van der Waals surface area contributed by atoms with Gasteiger partial charge in [0.15, 0.2) is 0 Å². The molecule has 0 aliphatic heterocycles. The van der Waals surface area contributed by atoms with E-state index in [1.807, 2.05) is 6.07 Å². The molecule has 0 unspecified atom stereocenters. The summed E-state index contributed by atoms with van der Waals surface area (Å²) in [7, 11) is 0. The first kappa shape index (κ1) is 14.3. The van der Waals surface area contributed by atoms with Crippen LogP contribution in [-0.4, -0.2) is 17.1 Å². The van der Waals surface area contributed by atoms with Gasteiger partial charge in [0.25, 0.3) is 0 Å². The topological polar surface area (TPSA) is 49.3 Å². The van der Waals surface area contributed by atoms with Crippen molar-refractivity contribution >= 4 is 44.8 Å². The highest BCUT2D eigenvalue weighted by atomic mass is 79.9. The highest BCUT2D eigenvalue weighted by Crippen LogP contribution is 2.32. The molecule has 1 heterocycles. The fourth-order valence-corrected chi connectivity index (χ4v) is 4.01. The maximum atomic E-state index is 10.8. The first-order chi connectivity index (χ1) is 8.56. The van der Waals surface area contributed by atoms with Crippen molar-refractivity contribution in [2.24, 2.45) is 5.92 Å².